The number of hydrogen-bond acceptors (Lipinski definition) is 4. The molecule has 1 heterocycles. The number of hydrazone groups is 1. The van der Waals surface area contributed by atoms with E-state index in [1.165, 1.54) is 11.3 Å². The summed E-state index contributed by atoms with van der Waals surface area (Å²) in [6.07, 6.45) is 2.84. The Bertz CT molecular complexity index is 1190. The molecule has 4 rings (SSSR count). The molecule has 1 amide bonds. The van der Waals surface area contributed by atoms with Crippen LogP contribution in [0.25, 0.3) is 10.8 Å². The maximum Gasteiger partial charge on any atom is 0.277 e. The largest absolute Gasteiger partial charge is 0.483 e. The monoisotopic (exact) mass is 443 g/mol. The fourth-order valence-electron chi connectivity index (χ4n) is 5.06. The van der Waals surface area contributed by atoms with Crippen LogP contribution >= 0.6 is 0 Å². The summed E-state index contributed by atoms with van der Waals surface area (Å²) in [4.78, 5) is 14.8. The van der Waals surface area contributed by atoms with Crippen molar-refractivity contribution in [3.8, 4) is 5.75 Å². The molecule has 1 aliphatic heterocycles. The third-order valence-electron chi connectivity index (χ3n) is 6.59. The van der Waals surface area contributed by atoms with Crippen LogP contribution in [0.4, 0.5) is 5.69 Å². The van der Waals surface area contributed by atoms with Gasteiger partial charge in [0.25, 0.3) is 5.91 Å². The molecule has 0 aromatic heterocycles. The summed E-state index contributed by atoms with van der Waals surface area (Å²) in [5.41, 5.74) is 7.55. The van der Waals surface area contributed by atoms with E-state index in [2.05, 4.69) is 62.2 Å². The summed E-state index contributed by atoms with van der Waals surface area (Å²) in [6.45, 7) is 12.1. The van der Waals surface area contributed by atoms with E-state index in [0.717, 1.165) is 34.9 Å². The summed E-state index contributed by atoms with van der Waals surface area (Å²) in [6, 6.07) is 18.2. The molecule has 0 bridgehead atoms. The maximum absolute atomic E-state index is 12.3. The van der Waals surface area contributed by atoms with Gasteiger partial charge >= 0.3 is 0 Å². The minimum Gasteiger partial charge on any atom is -0.483 e. The van der Waals surface area contributed by atoms with Gasteiger partial charge in [-0.05, 0) is 80.3 Å². The number of amides is 1. The predicted octanol–water partition coefficient (Wildman–Crippen LogP) is 5.79. The topological polar surface area (TPSA) is 53.9 Å². The Morgan fingerprint density at radius 2 is 1.97 bits per heavy atom. The van der Waals surface area contributed by atoms with Crippen LogP contribution in [0.15, 0.2) is 59.7 Å². The average molecular weight is 444 g/mol. The normalized spacial score (nSPS) is 17.2. The molecule has 172 valence electrons. The molecule has 3 aromatic rings. The number of anilines is 1. The highest BCUT2D eigenvalue weighted by molar-refractivity contribution is 5.89. The van der Waals surface area contributed by atoms with Crippen LogP contribution in [0.2, 0.25) is 0 Å². The highest BCUT2D eigenvalue weighted by Gasteiger charge is 2.35. The third-order valence-corrected chi connectivity index (χ3v) is 6.59. The molecule has 0 aliphatic carbocycles. The molecule has 0 spiro atoms. The molecule has 0 unspecified atom stereocenters. The molecule has 0 saturated carbocycles. The smallest absolute Gasteiger partial charge is 0.277 e. The zero-order chi connectivity index (χ0) is 23.6. The lowest BCUT2D eigenvalue weighted by Gasteiger charge is -2.47. The van der Waals surface area contributed by atoms with Crippen LogP contribution in [0.1, 0.15) is 56.7 Å². The molecule has 1 N–H and O–H groups in total. The van der Waals surface area contributed by atoms with Crippen molar-refractivity contribution in [1.82, 2.24) is 5.43 Å². The predicted molar refractivity (Wildman–Crippen MR) is 136 cm³/mol. The molecule has 0 saturated heterocycles. The van der Waals surface area contributed by atoms with Gasteiger partial charge in [0.05, 0.1) is 6.21 Å². The van der Waals surface area contributed by atoms with Gasteiger partial charge in [-0.1, -0.05) is 43.3 Å². The van der Waals surface area contributed by atoms with E-state index in [-0.39, 0.29) is 18.1 Å². The Morgan fingerprint density at radius 3 is 2.76 bits per heavy atom. The lowest BCUT2D eigenvalue weighted by atomic mass is 9.79. The van der Waals surface area contributed by atoms with Crippen molar-refractivity contribution in [2.45, 2.75) is 52.5 Å². The lowest BCUT2D eigenvalue weighted by Crippen LogP contribution is -2.48. The van der Waals surface area contributed by atoms with Gasteiger partial charge in [0.15, 0.2) is 6.61 Å². The first-order valence-electron chi connectivity index (χ1n) is 11.6. The highest BCUT2D eigenvalue weighted by Crippen LogP contribution is 2.44. The van der Waals surface area contributed by atoms with Gasteiger partial charge in [-0.25, -0.2) is 5.43 Å². The number of nitrogens with one attached hydrogen (secondary N) is 1. The third kappa shape index (κ3) is 4.72. The maximum atomic E-state index is 12.3. The number of nitrogens with zero attached hydrogens (tertiary/aromatic N) is 2. The van der Waals surface area contributed by atoms with Crippen LogP contribution in [-0.4, -0.2) is 30.8 Å². The highest BCUT2D eigenvalue weighted by atomic mass is 16.5. The van der Waals surface area contributed by atoms with Crippen LogP contribution in [0.5, 0.6) is 5.75 Å². The Morgan fingerprint density at radius 1 is 1.21 bits per heavy atom. The number of benzene rings is 3. The van der Waals surface area contributed by atoms with E-state index in [9.17, 15) is 4.79 Å². The number of aryl methyl sites for hydroxylation is 1. The molecule has 3 aromatic carbocycles. The number of carbonyl (C=O) groups excluding carboxylic acids is 1. The summed E-state index contributed by atoms with van der Waals surface area (Å²) >= 11 is 0. The van der Waals surface area contributed by atoms with E-state index in [1.807, 2.05) is 42.5 Å². The molecule has 5 heteroatoms. The second-order valence-corrected chi connectivity index (χ2v) is 9.49. The van der Waals surface area contributed by atoms with Crippen molar-refractivity contribution in [2.75, 3.05) is 18.1 Å². The van der Waals surface area contributed by atoms with Gasteiger partial charge in [0.2, 0.25) is 0 Å². The SMILES string of the molecule is CCN1c2cc(C)c(/C=N/NC(=O)COc3cccc4ccccc34)cc2[C@H](C)CC1(C)C. The van der Waals surface area contributed by atoms with Crippen molar-refractivity contribution < 1.29 is 9.53 Å². The quantitative estimate of drug-likeness (QED) is 0.388. The van der Waals surface area contributed by atoms with Crippen molar-refractivity contribution in [3.63, 3.8) is 0 Å². The van der Waals surface area contributed by atoms with Gasteiger partial charge in [0, 0.05) is 23.2 Å². The number of hydrogen-bond donors (Lipinski definition) is 1. The van der Waals surface area contributed by atoms with Crippen LogP contribution < -0.4 is 15.1 Å². The van der Waals surface area contributed by atoms with E-state index < -0.39 is 0 Å². The molecule has 0 fully saturated rings. The first-order chi connectivity index (χ1) is 15.8. The van der Waals surface area contributed by atoms with Crippen LogP contribution in [0, 0.1) is 6.92 Å². The fraction of sp³-hybridized carbons (Fsp3) is 0.357. The molecule has 5 nitrogen and oxygen atoms in total. The fourth-order valence-corrected chi connectivity index (χ4v) is 5.06. The summed E-state index contributed by atoms with van der Waals surface area (Å²) in [5.74, 6) is 0.867. The van der Waals surface area contributed by atoms with E-state index in [4.69, 9.17) is 4.74 Å². The molecule has 1 atom stereocenters. The van der Waals surface area contributed by atoms with E-state index in [1.54, 1.807) is 6.21 Å². The number of fused-ring (bicyclic) bond motifs is 2. The Labute approximate surface area is 196 Å². The number of rotatable bonds is 6. The van der Waals surface area contributed by atoms with Gasteiger partial charge in [-0.2, -0.15) is 5.10 Å². The molecule has 0 radical (unpaired) electrons. The van der Waals surface area contributed by atoms with Crippen molar-refractivity contribution in [1.29, 1.82) is 0 Å². The zero-order valence-electron chi connectivity index (χ0n) is 20.2. The second kappa shape index (κ2) is 9.26. The summed E-state index contributed by atoms with van der Waals surface area (Å²) in [7, 11) is 0. The Hall–Kier alpha value is -3.34. The van der Waals surface area contributed by atoms with Crippen molar-refractivity contribution in [2.24, 2.45) is 5.10 Å². The van der Waals surface area contributed by atoms with Crippen molar-refractivity contribution in [3.05, 3.63) is 71.3 Å². The van der Waals surface area contributed by atoms with Crippen molar-refractivity contribution >= 4 is 28.6 Å². The first kappa shape index (κ1) is 22.8. The van der Waals surface area contributed by atoms with E-state index in [0.29, 0.717) is 11.7 Å². The summed E-state index contributed by atoms with van der Waals surface area (Å²) < 4.78 is 5.75. The van der Waals surface area contributed by atoms with Gasteiger partial charge < -0.3 is 9.64 Å². The minimum absolute atomic E-state index is 0.0912. The Kier molecular flexibility index (Phi) is 6.41. The first-order valence-corrected chi connectivity index (χ1v) is 11.6. The van der Waals surface area contributed by atoms with Crippen LogP contribution in [0.3, 0.4) is 0 Å². The number of ether oxygens (including phenoxy) is 1. The van der Waals surface area contributed by atoms with Crippen LogP contribution in [-0.2, 0) is 4.79 Å². The van der Waals surface area contributed by atoms with Gasteiger partial charge in [-0.15, -0.1) is 0 Å². The standard InChI is InChI=1S/C28H33N3O2/c1-6-31-25-14-19(2)22(15-24(25)20(3)16-28(31,4)5)17-29-30-27(32)18-33-26-13-9-11-21-10-7-8-12-23(21)26/h7-15,17,20H,6,16,18H2,1-5H3,(H,30,32)/b29-17+/t20-/m1/s1. The zero-order valence-corrected chi connectivity index (χ0v) is 20.2. The average Bonchev–Trinajstić information content (AvgIpc) is 2.78. The number of carbonyl (C=O) groups is 1. The molecular formula is C28H33N3O2. The Balaban J connectivity index is 1.43. The summed E-state index contributed by atoms with van der Waals surface area (Å²) in [5, 5.41) is 6.27. The minimum atomic E-state index is -0.290. The molecular weight excluding hydrogens is 410 g/mol. The van der Waals surface area contributed by atoms with E-state index >= 15 is 0 Å². The van der Waals surface area contributed by atoms with Gasteiger partial charge in [0.1, 0.15) is 5.75 Å². The second-order valence-electron chi connectivity index (χ2n) is 9.49. The lowest BCUT2D eigenvalue weighted by molar-refractivity contribution is -0.123. The molecule has 1 aliphatic rings. The van der Waals surface area contributed by atoms with Gasteiger partial charge in [-0.3, -0.25) is 4.79 Å². The molecule has 33 heavy (non-hydrogen) atoms.